The Morgan fingerprint density at radius 2 is 2.36 bits per heavy atom. The number of ether oxygens (including phenoxy) is 1. The molecule has 4 nitrogen and oxygen atoms in total. The van der Waals surface area contributed by atoms with E-state index >= 15 is 0 Å². The molecule has 1 saturated heterocycles. The van der Waals surface area contributed by atoms with Crippen LogP contribution in [-0.2, 0) is 14.3 Å². The second-order valence-electron chi connectivity index (χ2n) is 2.55. The van der Waals surface area contributed by atoms with E-state index in [1.807, 2.05) is 6.92 Å². The van der Waals surface area contributed by atoms with Crippen LogP contribution in [0.15, 0.2) is 0 Å². The second kappa shape index (κ2) is 2.90. The summed E-state index contributed by atoms with van der Waals surface area (Å²) in [5.74, 6) is -0.522. The van der Waals surface area contributed by atoms with Crippen LogP contribution in [0, 0.1) is 5.92 Å². The first-order valence-electron chi connectivity index (χ1n) is 3.62. The van der Waals surface area contributed by atoms with Crippen molar-refractivity contribution in [3.05, 3.63) is 0 Å². The average molecular weight is 157 g/mol. The lowest BCUT2D eigenvalue weighted by atomic mass is 9.96. The summed E-state index contributed by atoms with van der Waals surface area (Å²) in [5.41, 5.74) is 0. The molecule has 1 aliphatic rings. The van der Waals surface area contributed by atoms with Crippen LogP contribution in [0.5, 0.6) is 0 Å². The van der Waals surface area contributed by atoms with Gasteiger partial charge in [-0.3, -0.25) is 9.59 Å². The van der Waals surface area contributed by atoms with E-state index in [9.17, 15) is 9.59 Å². The standard InChI is InChI=1S/C7H11NO3/c1-3-5-6(10)8-7(5)11-4(2)9/h5,7H,3H2,1-2H3,(H,8,10)/t5?,7-/m1/s1. The summed E-state index contributed by atoms with van der Waals surface area (Å²) >= 11 is 0. The molecule has 1 rings (SSSR count). The molecule has 1 aliphatic heterocycles. The maximum atomic E-state index is 10.8. The summed E-state index contributed by atoms with van der Waals surface area (Å²) in [6.45, 7) is 3.22. The van der Waals surface area contributed by atoms with Gasteiger partial charge in [-0.15, -0.1) is 0 Å². The fourth-order valence-corrected chi connectivity index (χ4v) is 1.08. The van der Waals surface area contributed by atoms with E-state index in [-0.39, 0.29) is 24.0 Å². The van der Waals surface area contributed by atoms with E-state index in [2.05, 4.69) is 5.32 Å². The van der Waals surface area contributed by atoms with Crippen molar-refractivity contribution in [1.82, 2.24) is 5.32 Å². The van der Waals surface area contributed by atoms with Gasteiger partial charge in [0.05, 0.1) is 5.92 Å². The molecule has 62 valence electrons. The lowest BCUT2D eigenvalue weighted by Crippen LogP contribution is -2.59. The van der Waals surface area contributed by atoms with Crippen LogP contribution in [0.1, 0.15) is 20.3 Å². The van der Waals surface area contributed by atoms with Gasteiger partial charge in [0.15, 0.2) is 6.23 Å². The Labute approximate surface area is 64.9 Å². The number of carbonyl (C=O) groups is 2. The van der Waals surface area contributed by atoms with Gasteiger partial charge in [-0.2, -0.15) is 0 Å². The molecule has 1 unspecified atom stereocenters. The van der Waals surface area contributed by atoms with Crippen molar-refractivity contribution in [3.8, 4) is 0 Å². The number of carbonyl (C=O) groups excluding carboxylic acids is 2. The van der Waals surface area contributed by atoms with Gasteiger partial charge in [0.1, 0.15) is 0 Å². The quantitative estimate of drug-likeness (QED) is 0.454. The highest BCUT2D eigenvalue weighted by atomic mass is 16.6. The van der Waals surface area contributed by atoms with Crippen LogP contribution in [-0.4, -0.2) is 18.1 Å². The van der Waals surface area contributed by atoms with Crippen molar-refractivity contribution < 1.29 is 14.3 Å². The maximum absolute atomic E-state index is 10.8. The Hall–Kier alpha value is -1.06. The van der Waals surface area contributed by atoms with Crippen LogP contribution in [0.25, 0.3) is 0 Å². The zero-order valence-electron chi connectivity index (χ0n) is 6.59. The Balaban J connectivity index is 2.38. The topological polar surface area (TPSA) is 55.4 Å². The van der Waals surface area contributed by atoms with E-state index < -0.39 is 0 Å². The first-order chi connectivity index (χ1) is 5.15. The summed E-state index contributed by atoms with van der Waals surface area (Å²) in [5, 5.41) is 2.49. The van der Waals surface area contributed by atoms with Crippen molar-refractivity contribution >= 4 is 11.9 Å². The van der Waals surface area contributed by atoms with Gasteiger partial charge in [0, 0.05) is 6.92 Å². The van der Waals surface area contributed by atoms with Gasteiger partial charge < -0.3 is 10.1 Å². The average Bonchev–Trinajstić information content (AvgIpc) is 1.86. The number of nitrogens with one attached hydrogen (secondary N) is 1. The third-order valence-electron chi connectivity index (χ3n) is 1.72. The molecule has 0 aromatic rings. The van der Waals surface area contributed by atoms with E-state index in [0.29, 0.717) is 6.42 Å². The van der Waals surface area contributed by atoms with Gasteiger partial charge in [0.25, 0.3) is 0 Å². The first kappa shape index (κ1) is 8.04. The number of hydrogen-bond donors (Lipinski definition) is 1. The third-order valence-corrected chi connectivity index (χ3v) is 1.72. The van der Waals surface area contributed by atoms with Crippen LogP contribution in [0.2, 0.25) is 0 Å². The number of rotatable bonds is 2. The predicted molar refractivity (Wildman–Crippen MR) is 37.5 cm³/mol. The minimum absolute atomic E-state index is 0.0289. The molecular weight excluding hydrogens is 146 g/mol. The van der Waals surface area contributed by atoms with Gasteiger partial charge in [0.2, 0.25) is 5.91 Å². The smallest absolute Gasteiger partial charge is 0.304 e. The van der Waals surface area contributed by atoms with Crippen LogP contribution in [0.3, 0.4) is 0 Å². The molecule has 1 heterocycles. The lowest BCUT2D eigenvalue weighted by Gasteiger charge is -2.34. The number of amides is 1. The largest absolute Gasteiger partial charge is 0.441 e. The van der Waals surface area contributed by atoms with E-state index in [1.54, 1.807) is 0 Å². The van der Waals surface area contributed by atoms with E-state index in [4.69, 9.17) is 4.74 Å². The summed E-state index contributed by atoms with van der Waals surface area (Å²) < 4.78 is 4.79. The molecule has 1 fully saturated rings. The predicted octanol–water partition coefficient (Wildman–Crippen LogP) is 0.0316. The lowest BCUT2D eigenvalue weighted by molar-refractivity contribution is -0.167. The number of β-lactam (4-membered cyclic amide) rings is 1. The molecular formula is C7H11NO3. The zero-order valence-corrected chi connectivity index (χ0v) is 6.59. The van der Waals surface area contributed by atoms with Gasteiger partial charge in [-0.1, -0.05) is 6.92 Å². The molecule has 0 radical (unpaired) electrons. The zero-order chi connectivity index (χ0) is 8.43. The molecule has 0 saturated carbocycles. The Morgan fingerprint density at radius 1 is 1.73 bits per heavy atom. The fourth-order valence-electron chi connectivity index (χ4n) is 1.08. The summed E-state index contributed by atoms with van der Waals surface area (Å²) in [4.78, 5) is 21.2. The fraction of sp³-hybridized carbons (Fsp3) is 0.714. The van der Waals surface area contributed by atoms with Crippen molar-refractivity contribution in [3.63, 3.8) is 0 Å². The second-order valence-corrected chi connectivity index (χ2v) is 2.55. The van der Waals surface area contributed by atoms with Gasteiger partial charge in [-0.25, -0.2) is 0 Å². The molecule has 1 amide bonds. The molecule has 0 aromatic heterocycles. The van der Waals surface area contributed by atoms with Gasteiger partial charge >= 0.3 is 5.97 Å². The first-order valence-corrected chi connectivity index (χ1v) is 3.62. The molecule has 0 aliphatic carbocycles. The SMILES string of the molecule is CCC1C(=O)N[C@@H]1OC(C)=O. The van der Waals surface area contributed by atoms with Crippen molar-refractivity contribution in [1.29, 1.82) is 0 Å². The molecule has 2 atom stereocenters. The summed E-state index contributed by atoms with van der Waals surface area (Å²) in [6, 6.07) is 0. The normalized spacial score (nSPS) is 28.7. The van der Waals surface area contributed by atoms with Crippen molar-refractivity contribution in [2.24, 2.45) is 5.92 Å². The monoisotopic (exact) mass is 157 g/mol. The van der Waals surface area contributed by atoms with Crippen LogP contribution < -0.4 is 5.32 Å². The van der Waals surface area contributed by atoms with E-state index in [0.717, 1.165) is 0 Å². The molecule has 0 spiro atoms. The van der Waals surface area contributed by atoms with Gasteiger partial charge in [-0.05, 0) is 6.42 Å². The molecule has 1 N–H and O–H groups in total. The number of esters is 1. The minimum atomic E-state index is -0.384. The van der Waals surface area contributed by atoms with Crippen LogP contribution in [0.4, 0.5) is 0 Å². The molecule has 11 heavy (non-hydrogen) atoms. The van der Waals surface area contributed by atoms with Crippen molar-refractivity contribution in [2.45, 2.75) is 26.5 Å². The molecule has 0 aromatic carbocycles. The minimum Gasteiger partial charge on any atom is -0.441 e. The highest BCUT2D eigenvalue weighted by molar-refractivity contribution is 5.86. The maximum Gasteiger partial charge on any atom is 0.304 e. The van der Waals surface area contributed by atoms with Crippen molar-refractivity contribution in [2.75, 3.05) is 0 Å². The van der Waals surface area contributed by atoms with Crippen LogP contribution >= 0.6 is 0 Å². The Bertz CT molecular complexity index is 190. The summed E-state index contributed by atoms with van der Waals surface area (Å²) in [7, 11) is 0. The Kier molecular flexibility index (Phi) is 2.12. The van der Waals surface area contributed by atoms with E-state index in [1.165, 1.54) is 6.92 Å². The molecule has 0 bridgehead atoms. The Morgan fingerprint density at radius 3 is 2.73 bits per heavy atom. The molecule has 4 heteroatoms. The highest BCUT2D eigenvalue weighted by Crippen LogP contribution is 2.19. The third kappa shape index (κ3) is 1.50. The summed E-state index contributed by atoms with van der Waals surface area (Å²) in [6.07, 6.45) is 0.328. The number of hydrogen-bond acceptors (Lipinski definition) is 3. The highest BCUT2D eigenvalue weighted by Gasteiger charge is 2.39.